The molecule has 3 aromatic heterocycles. The van der Waals surface area contributed by atoms with Crippen LogP contribution in [0.4, 0.5) is 11.4 Å². The standard InChI is InChI=1S/C21H18ClN4O3/c1-3-29-16-11-23-9-7-12(16)18-19(17-14(25-18)8-10-24-21(17)27)26-15-6-4-5-13(22)20(15)28-2/h4-11,25-26H,1,3H2,2H3,(H,24,27). The van der Waals surface area contributed by atoms with Gasteiger partial charge in [-0.15, -0.1) is 0 Å². The summed E-state index contributed by atoms with van der Waals surface area (Å²) in [5, 5.41) is 4.24. The van der Waals surface area contributed by atoms with Gasteiger partial charge in [-0.3, -0.25) is 9.78 Å². The van der Waals surface area contributed by atoms with Gasteiger partial charge in [-0.05, 0) is 31.2 Å². The van der Waals surface area contributed by atoms with Gasteiger partial charge in [0.15, 0.2) is 5.75 Å². The SMILES string of the molecule is [CH2]COc1cnccc1-c1[nH]c2cc[nH]c(=O)c2c1Nc1cccc(Cl)c1OC. The molecule has 0 fully saturated rings. The fourth-order valence-electron chi connectivity index (χ4n) is 3.24. The molecule has 0 unspecified atom stereocenters. The number of methoxy groups -OCH3 is 1. The Kier molecular flexibility index (Phi) is 5.14. The average Bonchev–Trinajstić information content (AvgIpc) is 3.08. The van der Waals surface area contributed by atoms with Crippen molar-refractivity contribution in [3.8, 4) is 22.8 Å². The number of ether oxygens (including phenoxy) is 2. The van der Waals surface area contributed by atoms with Gasteiger partial charge in [0, 0.05) is 18.0 Å². The molecule has 4 aromatic rings. The number of halogens is 1. The lowest BCUT2D eigenvalue weighted by Crippen LogP contribution is -2.06. The molecule has 1 aromatic carbocycles. The predicted molar refractivity (Wildman–Crippen MR) is 114 cm³/mol. The normalized spacial score (nSPS) is 10.9. The number of H-pyrrole nitrogens is 2. The number of anilines is 2. The number of pyridine rings is 2. The molecule has 0 amide bonds. The minimum atomic E-state index is -0.234. The van der Waals surface area contributed by atoms with Gasteiger partial charge in [0.1, 0.15) is 5.75 Å². The quantitative estimate of drug-likeness (QED) is 0.435. The Morgan fingerprint density at radius 1 is 1.28 bits per heavy atom. The second-order valence-corrected chi connectivity index (χ2v) is 6.54. The Morgan fingerprint density at radius 3 is 2.93 bits per heavy atom. The van der Waals surface area contributed by atoms with E-state index in [0.29, 0.717) is 44.5 Å². The smallest absolute Gasteiger partial charge is 0.259 e. The molecule has 0 aliphatic rings. The third-order valence-corrected chi connectivity index (χ3v) is 4.76. The van der Waals surface area contributed by atoms with Crippen LogP contribution in [0.3, 0.4) is 0 Å². The zero-order valence-electron chi connectivity index (χ0n) is 15.6. The van der Waals surface area contributed by atoms with Crippen LogP contribution in [0.5, 0.6) is 11.5 Å². The second-order valence-electron chi connectivity index (χ2n) is 6.14. The molecule has 0 saturated carbocycles. The molecule has 4 rings (SSSR count). The lowest BCUT2D eigenvalue weighted by Gasteiger charge is -2.14. The maximum atomic E-state index is 12.6. The zero-order valence-corrected chi connectivity index (χ0v) is 16.3. The summed E-state index contributed by atoms with van der Waals surface area (Å²) >= 11 is 6.27. The van der Waals surface area contributed by atoms with E-state index in [1.54, 1.807) is 43.9 Å². The number of rotatable bonds is 6. The Labute approximate surface area is 171 Å². The number of para-hydroxylation sites is 1. The molecule has 0 aliphatic heterocycles. The summed E-state index contributed by atoms with van der Waals surface area (Å²) in [5.41, 5.74) is 3.04. The van der Waals surface area contributed by atoms with Gasteiger partial charge < -0.3 is 24.8 Å². The van der Waals surface area contributed by atoms with Gasteiger partial charge >= 0.3 is 0 Å². The molecule has 0 spiro atoms. The van der Waals surface area contributed by atoms with Crippen LogP contribution in [0.1, 0.15) is 0 Å². The minimum Gasteiger partial charge on any atom is -0.493 e. The highest BCUT2D eigenvalue weighted by Gasteiger charge is 2.20. The van der Waals surface area contributed by atoms with E-state index >= 15 is 0 Å². The summed E-state index contributed by atoms with van der Waals surface area (Å²) in [5.74, 6) is 1.03. The van der Waals surface area contributed by atoms with Crippen molar-refractivity contribution in [2.45, 2.75) is 0 Å². The zero-order chi connectivity index (χ0) is 20.4. The topological polar surface area (TPSA) is 92.0 Å². The number of nitrogens with zero attached hydrogens (tertiary/aromatic N) is 1. The van der Waals surface area contributed by atoms with Gasteiger partial charge in [0.2, 0.25) is 0 Å². The first-order chi connectivity index (χ1) is 14.1. The van der Waals surface area contributed by atoms with Gasteiger partial charge in [-0.25, -0.2) is 0 Å². The van der Waals surface area contributed by atoms with Crippen LogP contribution < -0.4 is 20.3 Å². The van der Waals surface area contributed by atoms with Crippen LogP contribution in [-0.2, 0) is 0 Å². The van der Waals surface area contributed by atoms with Crippen molar-refractivity contribution in [1.29, 1.82) is 0 Å². The fourth-order valence-corrected chi connectivity index (χ4v) is 3.49. The predicted octanol–water partition coefficient (Wildman–Crippen LogP) is 4.54. The monoisotopic (exact) mass is 409 g/mol. The highest BCUT2D eigenvalue weighted by Crippen LogP contribution is 2.41. The molecule has 0 saturated heterocycles. The molecular formula is C21H18ClN4O3. The summed E-state index contributed by atoms with van der Waals surface area (Å²) in [4.78, 5) is 22.8. The maximum Gasteiger partial charge on any atom is 0.259 e. The van der Waals surface area contributed by atoms with Gasteiger partial charge in [0.05, 0.1) is 52.9 Å². The molecule has 3 heterocycles. The van der Waals surface area contributed by atoms with Crippen molar-refractivity contribution < 1.29 is 9.47 Å². The number of aromatic amines is 2. The number of fused-ring (bicyclic) bond motifs is 1. The van der Waals surface area contributed by atoms with E-state index < -0.39 is 0 Å². The highest BCUT2D eigenvalue weighted by molar-refractivity contribution is 6.32. The Hall–Kier alpha value is -3.45. The third kappa shape index (κ3) is 3.40. The molecular weight excluding hydrogens is 392 g/mol. The lowest BCUT2D eigenvalue weighted by atomic mass is 10.1. The van der Waals surface area contributed by atoms with Gasteiger partial charge in [0.25, 0.3) is 5.56 Å². The van der Waals surface area contributed by atoms with Crippen LogP contribution in [0.15, 0.2) is 53.7 Å². The number of hydrogen-bond donors (Lipinski definition) is 3. The van der Waals surface area contributed by atoms with Crippen LogP contribution in [-0.4, -0.2) is 28.7 Å². The summed E-state index contributed by atoms with van der Waals surface area (Å²) < 4.78 is 11.1. The second kappa shape index (κ2) is 7.89. The summed E-state index contributed by atoms with van der Waals surface area (Å²) in [6.45, 7) is 3.97. The van der Waals surface area contributed by atoms with E-state index in [0.717, 1.165) is 5.56 Å². The Morgan fingerprint density at radius 2 is 2.14 bits per heavy atom. The molecule has 0 aliphatic carbocycles. The van der Waals surface area contributed by atoms with Gasteiger partial charge in [-0.1, -0.05) is 17.7 Å². The first kappa shape index (κ1) is 18.9. The van der Waals surface area contributed by atoms with Crippen molar-refractivity contribution in [3.05, 3.63) is 71.2 Å². The summed E-state index contributed by atoms with van der Waals surface area (Å²) in [7, 11) is 1.54. The van der Waals surface area contributed by atoms with Crippen LogP contribution >= 0.6 is 11.6 Å². The van der Waals surface area contributed by atoms with Crippen LogP contribution in [0.2, 0.25) is 5.02 Å². The Bertz CT molecular complexity index is 1230. The van der Waals surface area contributed by atoms with Gasteiger partial charge in [-0.2, -0.15) is 0 Å². The van der Waals surface area contributed by atoms with E-state index in [-0.39, 0.29) is 12.2 Å². The van der Waals surface area contributed by atoms with Crippen molar-refractivity contribution in [1.82, 2.24) is 15.0 Å². The number of hydrogen-bond acceptors (Lipinski definition) is 5. The van der Waals surface area contributed by atoms with E-state index in [4.69, 9.17) is 21.1 Å². The van der Waals surface area contributed by atoms with Crippen molar-refractivity contribution in [3.63, 3.8) is 0 Å². The van der Waals surface area contributed by atoms with Crippen LogP contribution in [0, 0.1) is 6.92 Å². The number of nitrogens with one attached hydrogen (secondary N) is 3. The number of aromatic nitrogens is 3. The van der Waals surface area contributed by atoms with Crippen LogP contribution in [0.25, 0.3) is 22.2 Å². The molecule has 0 bridgehead atoms. The van der Waals surface area contributed by atoms with Crippen molar-refractivity contribution >= 4 is 33.9 Å². The molecule has 1 radical (unpaired) electrons. The first-order valence-corrected chi connectivity index (χ1v) is 9.21. The Balaban J connectivity index is 1.97. The fraction of sp³-hybridized carbons (Fsp3) is 0.0952. The largest absolute Gasteiger partial charge is 0.493 e. The molecule has 147 valence electrons. The maximum absolute atomic E-state index is 12.6. The van der Waals surface area contributed by atoms with E-state index in [1.807, 2.05) is 12.1 Å². The molecule has 8 heteroatoms. The molecule has 29 heavy (non-hydrogen) atoms. The van der Waals surface area contributed by atoms with E-state index in [1.165, 1.54) is 0 Å². The number of benzene rings is 1. The molecule has 7 nitrogen and oxygen atoms in total. The van der Waals surface area contributed by atoms with E-state index in [2.05, 4.69) is 27.2 Å². The third-order valence-electron chi connectivity index (χ3n) is 4.46. The van der Waals surface area contributed by atoms with Crippen molar-refractivity contribution in [2.24, 2.45) is 0 Å². The molecule has 0 atom stereocenters. The highest BCUT2D eigenvalue weighted by atomic mass is 35.5. The van der Waals surface area contributed by atoms with Crippen molar-refractivity contribution in [2.75, 3.05) is 19.0 Å². The first-order valence-electron chi connectivity index (χ1n) is 8.83. The lowest BCUT2D eigenvalue weighted by molar-refractivity contribution is 0.361. The summed E-state index contributed by atoms with van der Waals surface area (Å²) in [6, 6.07) is 8.96. The molecule has 3 N–H and O–H groups in total. The van der Waals surface area contributed by atoms with E-state index in [9.17, 15) is 4.79 Å². The minimum absolute atomic E-state index is 0.234. The average molecular weight is 410 g/mol. The summed E-state index contributed by atoms with van der Waals surface area (Å²) in [6.07, 6.45) is 4.86.